The molecule has 2 rings (SSSR count). The van der Waals surface area contributed by atoms with Gasteiger partial charge in [0, 0.05) is 10.9 Å². The molecular weight excluding hydrogens is 276 g/mol. The molecule has 0 radical (unpaired) electrons. The maximum atomic E-state index is 13.2. The molecule has 0 atom stereocenters. The van der Waals surface area contributed by atoms with Crippen molar-refractivity contribution < 1.29 is 8.78 Å². The SMILES string of the molecule is Fc1cccc(-c2ccc(F)c(CBr)n2)c1. The highest BCUT2D eigenvalue weighted by molar-refractivity contribution is 9.08. The number of pyridine rings is 1. The summed E-state index contributed by atoms with van der Waals surface area (Å²) in [7, 11) is 0. The molecule has 1 aromatic heterocycles. The zero-order valence-electron chi connectivity index (χ0n) is 8.25. The molecule has 1 heterocycles. The van der Waals surface area contributed by atoms with Crippen LogP contribution in [0.2, 0.25) is 0 Å². The topological polar surface area (TPSA) is 12.9 Å². The van der Waals surface area contributed by atoms with E-state index in [0.717, 1.165) is 0 Å². The lowest BCUT2D eigenvalue weighted by Gasteiger charge is -2.04. The summed E-state index contributed by atoms with van der Waals surface area (Å²) in [4.78, 5) is 4.11. The normalized spacial score (nSPS) is 10.4. The average Bonchev–Trinajstić information content (AvgIpc) is 2.29. The Morgan fingerprint density at radius 1 is 1.12 bits per heavy atom. The number of hydrogen-bond donors (Lipinski definition) is 0. The third-order valence-electron chi connectivity index (χ3n) is 2.17. The average molecular weight is 284 g/mol. The van der Waals surface area contributed by atoms with E-state index in [9.17, 15) is 8.78 Å². The minimum absolute atomic E-state index is 0.321. The summed E-state index contributed by atoms with van der Waals surface area (Å²) in [6.07, 6.45) is 0. The second kappa shape index (κ2) is 4.70. The summed E-state index contributed by atoms with van der Waals surface area (Å²) in [6.45, 7) is 0. The van der Waals surface area contributed by atoms with E-state index in [0.29, 0.717) is 22.3 Å². The number of halogens is 3. The van der Waals surface area contributed by atoms with Crippen LogP contribution in [0.3, 0.4) is 0 Å². The predicted molar refractivity (Wildman–Crippen MR) is 62.2 cm³/mol. The zero-order chi connectivity index (χ0) is 11.5. The Kier molecular flexibility index (Phi) is 3.29. The van der Waals surface area contributed by atoms with E-state index in [4.69, 9.17) is 0 Å². The monoisotopic (exact) mass is 283 g/mol. The highest BCUT2D eigenvalue weighted by atomic mass is 79.9. The smallest absolute Gasteiger partial charge is 0.145 e. The Hall–Kier alpha value is -1.29. The van der Waals surface area contributed by atoms with Gasteiger partial charge in [-0.1, -0.05) is 28.1 Å². The molecule has 0 aliphatic heterocycles. The third-order valence-corrected chi connectivity index (χ3v) is 2.70. The predicted octanol–water partition coefficient (Wildman–Crippen LogP) is 3.92. The van der Waals surface area contributed by atoms with Gasteiger partial charge in [0.15, 0.2) is 0 Å². The van der Waals surface area contributed by atoms with Crippen LogP contribution in [0.5, 0.6) is 0 Å². The lowest BCUT2D eigenvalue weighted by Crippen LogP contribution is -1.94. The van der Waals surface area contributed by atoms with Crippen LogP contribution in [0, 0.1) is 11.6 Å². The number of alkyl halides is 1. The summed E-state index contributed by atoms with van der Waals surface area (Å²) in [6, 6.07) is 8.95. The van der Waals surface area contributed by atoms with E-state index < -0.39 is 0 Å². The number of aromatic nitrogens is 1. The molecule has 0 unspecified atom stereocenters. The van der Waals surface area contributed by atoms with E-state index in [2.05, 4.69) is 20.9 Å². The van der Waals surface area contributed by atoms with Gasteiger partial charge in [0.25, 0.3) is 0 Å². The lowest BCUT2D eigenvalue weighted by atomic mass is 10.1. The quantitative estimate of drug-likeness (QED) is 0.762. The highest BCUT2D eigenvalue weighted by Gasteiger charge is 2.06. The molecule has 0 saturated heterocycles. The van der Waals surface area contributed by atoms with Gasteiger partial charge in [-0.15, -0.1) is 0 Å². The van der Waals surface area contributed by atoms with Crippen molar-refractivity contribution in [3.8, 4) is 11.3 Å². The van der Waals surface area contributed by atoms with Crippen molar-refractivity contribution >= 4 is 15.9 Å². The molecule has 0 N–H and O–H groups in total. The second-order valence-corrected chi connectivity index (χ2v) is 3.83. The van der Waals surface area contributed by atoms with E-state index in [-0.39, 0.29) is 11.6 Å². The first-order chi connectivity index (χ1) is 7.70. The molecular formula is C12H8BrF2N. The number of rotatable bonds is 2. The van der Waals surface area contributed by atoms with Gasteiger partial charge in [-0.2, -0.15) is 0 Å². The first-order valence-corrected chi connectivity index (χ1v) is 5.80. The molecule has 82 valence electrons. The van der Waals surface area contributed by atoms with Crippen molar-refractivity contribution in [3.05, 3.63) is 53.7 Å². The Bertz CT molecular complexity index is 514. The maximum Gasteiger partial charge on any atom is 0.145 e. The van der Waals surface area contributed by atoms with Gasteiger partial charge in [-0.3, -0.25) is 0 Å². The summed E-state index contributed by atoms with van der Waals surface area (Å²) in [5.74, 6) is -0.693. The van der Waals surface area contributed by atoms with E-state index >= 15 is 0 Å². The van der Waals surface area contributed by atoms with Gasteiger partial charge in [0.05, 0.1) is 11.4 Å². The van der Waals surface area contributed by atoms with Gasteiger partial charge in [-0.25, -0.2) is 13.8 Å². The van der Waals surface area contributed by atoms with Gasteiger partial charge in [0.2, 0.25) is 0 Å². The standard InChI is InChI=1S/C12H8BrF2N/c13-7-12-10(15)4-5-11(16-12)8-2-1-3-9(14)6-8/h1-6H,7H2. The van der Waals surface area contributed by atoms with Crippen LogP contribution < -0.4 is 0 Å². The molecule has 0 amide bonds. The van der Waals surface area contributed by atoms with Crippen LogP contribution in [0.1, 0.15) is 5.69 Å². The van der Waals surface area contributed by atoms with E-state index in [1.807, 2.05) is 0 Å². The summed E-state index contributed by atoms with van der Waals surface area (Å²) >= 11 is 3.15. The van der Waals surface area contributed by atoms with Crippen molar-refractivity contribution in [3.63, 3.8) is 0 Å². The Morgan fingerprint density at radius 2 is 1.94 bits per heavy atom. The third kappa shape index (κ3) is 2.27. The lowest BCUT2D eigenvalue weighted by molar-refractivity contribution is 0.609. The van der Waals surface area contributed by atoms with Crippen LogP contribution >= 0.6 is 15.9 Å². The van der Waals surface area contributed by atoms with Crippen molar-refractivity contribution in [2.75, 3.05) is 0 Å². The van der Waals surface area contributed by atoms with Gasteiger partial charge >= 0.3 is 0 Å². The Morgan fingerprint density at radius 3 is 2.62 bits per heavy atom. The van der Waals surface area contributed by atoms with Crippen molar-refractivity contribution in [1.29, 1.82) is 0 Å². The van der Waals surface area contributed by atoms with Gasteiger partial charge in [0.1, 0.15) is 11.6 Å². The zero-order valence-corrected chi connectivity index (χ0v) is 9.84. The van der Waals surface area contributed by atoms with Crippen molar-refractivity contribution in [2.24, 2.45) is 0 Å². The molecule has 2 aromatic rings. The fraction of sp³-hybridized carbons (Fsp3) is 0.0833. The van der Waals surface area contributed by atoms with Gasteiger partial charge in [-0.05, 0) is 24.3 Å². The van der Waals surface area contributed by atoms with Crippen molar-refractivity contribution in [2.45, 2.75) is 5.33 Å². The maximum absolute atomic E-state index is 13.2. The van der Waals surface area contributed by atoms with Crippen LogP contribution in [0.25, 0.3) is 11.3 Å². The fourth-order valence-electron chi connectivity index (χ4n) is 1.39. The first kappa shape index (κ1) is 11.2. The minimum atomic E-state index is -0.364. The molecule has 0 aliphatic rings. The van der Waals surface area contributed by atoms with Gasteiger partial charge < -0.3 is 0 Å². The highest BCUT2D eigenvalue weighted by Crippen LogP contribution is 2.20. The van der Waals surface area contributed by atoms with Crippen LogP contribution in [0.15, 0.2) is 36.4 Å². The summed E-state index contributed by atoms with van der Waals surface area (Å²) < 4.78 is 26.2. The van der Waals surface area contributed by atoms with Crippen LogP contribution in [-0.2, 0) is 5.33 Å². The molecule has 16 heavy (non-hydrogen) atoms. The number of hydrogen-bond acceptors (Lipinski definition) is 1. The molecule has 4 heteroatoms. The van der Waals surface area contributed by atoms with E-state index in [1.54, 1.807) is 12.1 Å². The molecule has 1 nitrogen and oxygen atoms in total. The summed E-state index contributed by atoms with van der Waals surface area (Å²) in [5, 5.41) is 0.335. The Labute approximate surface area is 100 Å². The largest absolute Gasteiger partial charge is 0.249 e. The molecule has 0 fully saturated rings. The van der Waals surface area contributed by atoms with Crippen molar-refractivity contribution in [1.82, 2.24) is 4.98 Å². The minimum Gasteiger partial charge on any atom is -0.249 e. The number of nitrogens with zero attached hydrogens (tertiary/aromatic N) is 1. The van der Waals surface area contributed by atoms with Crippen LogP contribution in [-0.4, -0.2) is 4.98 Å². The fourth-order valence-corrected chi connectivity index (χ4v) is 1.78. The van der Waals surface area contributed by atoms with Crippen LogP contribution in [0.4, 0.5) is 8.78 Å². The molecule has 0 bridgehead atoms. The van der Waals surface area contributed by atoms with E-state index in [1.165, 1.54) is 24.3 Å². The molecule has 0 saturated carbocycles. The second-order valence-electron chi connectivity index (χ2n) is 3.27. The molecule has 1 aromatic carbocycles. The Balaban J connectivity index is 2.48. The first-order valence-electron chi connectivity index (χ1n) is 4.68. The molecule has 0 spiro atoms. The summed E-state index contributed by atoms with van der Waals surface area (Å²) in [5.41, 5.74) is 1.53. The molecule has 0 aliphatic carbocycles. The number of benzene rings is 1.